The topological polar surface area (TPSA) is 26.3 Å². The van der Waals surface area contributed by atoms with Crippen LogP contribution in [0.4, 0.5) is 4.39 Å². The maximum Gasteiger partial charge on any atom is 0.228 e. The molecule has 0 N–H and O–H groups in total. The predicted molar refractivity (Wildman–Crippen MR) is 55.4 cm³/mol. The predicted octanol–water partition coefficient (Wildman–Crippen LogP) is 3.35. The number of hydrogen-bond donors (Lipinski definition) is 0. The van der Waals surface area contributed by atoms with Crippen molar-refractivity contribution in [2.24, 2.45) is 0 Å². The Morgan fingerprint density at radius 2 is 2.29 bits per heavy atom. The number of rotatable bonds is 4. The van der Waals surface area contributed by atoms with Gasteiger partial charge in [0.25, 0.3) is 0 Å². The maximum absolute atomic E-state index is 12.0. The van der Waals surface area contributed by atoms with Crippen LogP contribution < -0.4 is 4.74 Å². The van der Waals surface area contributed by atoms with Crippen molar-refractivity contribution in [2.75, 3.05) is 6.86 Å². The third kappa shape index (κ3) is 2.54. The Morgan fingerprint density at radius 3 is 2.86 bits per heavy atom. The highest BCUT2D eigenvalue weighted by Gasteiger charge is 2.10. The number of carbonyl (C=O) groups excluding carboxylic acids is 1. The summed E-state index contributed by atoms with van der Waals surface area (Å²) in [5, 5.41) is 0. The van der Waals surface area contributed by atoms with Crippen LogP contribution >= 0.6 is 15.9 Å². The van der Waals surface area contributed by atoms with E-state index in [0.29, 0.717) is 12.0 Å². The van der Waals surface area contributed by atoms with E-state index in [1.807, 2.05) is 0 Å². The lowest BCUT2D eigenvalue weighted by molar-refractivity contribution is 0.0981. The second-order valence-electron chi connectivity index (χ2n) is 2.67. The van der Waals surface area contributed by atoms with Gasteiger partial charge in [0.15, 0.2) is 5.78 Å². The summed E-state index contributed by atoms with van der Waals surface area (Å²) >= 11 is 3.22. The molecule has 1 aromatic rings. The molecular weight excluding hydrogens is 251 g/mol. The van der Waals surface area contributed by atoms with Crippen LogP contribution in [0.15, 0.2) is 22.7 Å². The SMILES string of the molecule is CCC(=O)c1ccc(Br)cc1OCF. The van der Waals surface area contributed by atoms with Crippen LogP contribution in [0.2, 0.25) is 0 Å². The summed E-state index contributed by atoms with van der Waals surface area (Å²) in [5.74, 6) is 0.231. The summed E-state index contributed by atoms with van der Waals surface area (Å²) in [6, 6.07) is 4.94. The molecule has 0 aliphatic heterocycles. The molecule has 0 unspecified atom stereocenters. The number of carbonyl (C=O) groups is 1. The Balaban J connectivity index is 3.07. The maximum atomic E-state index is 12.0. The quantitative estimate of drug-likeness (QED) is 0.777. The lowest BCUT2D eigenvalue weighted by Crippen LogP contribution is -2.02. The molecular formula is C10H10BrFO2. The van der Waals surface area contributed by atoms with Gasteiger partial charge in [-0.2, -0.15) is 0 Å². The summed E-state index contributed by atoms with van der Waals surface area (Å²) in [5.41, 5.74) is 0.424. The van der Waals surface area contributed by atoms with Gasteiger partial charge < -0.3 is 4.74 Å². The molecule has 0 saturated carbocycles. The Kier molecular flexibility index (Phi) is 4.07. The molecule has 0 atom stereocenters. The summed E-state index contributed by atoms with van der Waals surface area (Å²) in [6.07, 6.45) is 0.379. The minimum absolute atomic E-state index is 0.0547. The van der Waals surface area contributed by atoms with Gasteiger partial charge in [-0.1, -0.05) is 22.9 Å². The Morgan fingerprint density at radius 1 is 1.57 bits per heavy atom. The van der Waals surface area contributed by atoms with Gasteiger partial charge in [0.1, 0.15) is 5.75 Å². The molecule has 0 heterocycles. The van der Waals surface area contributed by atoms with Crippen LogP contribution in [0.1, 0.15) is 23.7 Å². The number of ketones is 1. The van der Waals surface area contributed by atoms with Gasteiger partial charge in [0.05, 0.1) is 5.56 Å². The van der Waals surface area contributed by atoms with Crippen molar-refractivity contribution in [3.63, 3.8) is 0 Å². The van der Waals surface area contributed by atoms with Crippen LogP contribution in [0, 0.1) is 0 Å². The summed E-state index contributed by atoms with van der Waals surface area (Å²) in [4.78, 5) is 11.4. The normalized spacial score (nSPS) is 9.93. The van der Waals surface area contributed by atoms with Gasteiger partial charge in [-0.15, -0.1) is 0 Å². The summed E-state index contributed by atoms with van der Waals surface area (Å²) in [7, 11) is 0. The average molecular weight is 261 g/mol. The fourth-order valence-corrected chi connectivity index (χ4v) is 1.44. The number of halogens is 2. The zero-order chi connectivity index (χ0) is 10.6. The van der Waals surface area contributed by atoms with Crippen molar-refractivity contribution in [1.82, 2.24) is 0 Å². The average Bonchev–Trinajstić information content (AvgIpc) is 2.17. The first-order chi connectivity index (χ1) is 6.69. The fourth-order valence-electron chi connectivity index (χ4n) is 1.10. The Hall–Kier alpha value is -0.900. The van der Waals surface area contributed by atoms with Crippen LogP contribution in [0.5, 0.6) is 5.75 Å². The van der Waals surface area contributed by atoms with Crippen LogP contribution in [-0.4, -0.2) is 12.6 Å². The molecule has 0 aliphatic rings. The van der Waals surface area contributed by atoms with E-state index in [1.165, 1.54) is 0 Å². The van der Waals surface area contributed by atoms with Gasteiger partial charge >= 0.3 is 0 Å². The van der Waals surface area contributed by atoms with Gasteiger partial charge in [0, 0.05) is 10.9 Å². The van der Waals surface area contributed by atoms with Crippen LogP contribution in [0.3, 0.4) is 0 Å². The number of hydrogen-bond acceptors (Lipinski definition) is 2. The molecule has 2 nitrogen and oxygen atoms in total. The molecule has 0 bridgehead atoms. The molecule has 0 aromatic heterocycles. The molecule has 1 rings (SSSR count). The summed E-state index contributed by atoms with van der Waals surface area (Å²) < 4.78 is 17.5. The lowest BCUT2D eigenvalue weighted by atomic mass is 10.1. The molecule has 76 valence electrons. The van der Waals surface area contributed by atoms with Crippen molar-refractivity contribution >= 4 is 21.7 Å². The fraction of sp³-hybridized carbons (Fsp3) is 0.300. The molecule has 14 heavy (non-hydrogen) atoms. The minimum atomic E-state index is -0.930. The van der Waals surface area contributed by atoms with Crippen molar-refractivity contribution in [1.29, 1.82) is 0 Å². The number of benzene rings is 1. The van der Waals surface area contributed by atoms with E-state index in [0.717, 1.165) is 4.47 Å². The standard InChI is InChI=1S/C10H10BrFO2/c1-2-9(13)8-4-3-7(11)5-10(8)14-6-12/h3-5H,2,6H2,1H3. The molecule has 0 saturated heterocycles. The second-order valence-corrected chi connectivity index (χ2v) is 3.59. The molecule has 4 heteroatoms. The summed E-state index contributed by atoms with van der Waals surface area (Å²) in [6.45, 7) is 0.823. The first-order valence-corrected chi connectivity index (χ1v) is 4.99. The first kappa shape index (κ1) is 11.2. The zero-order valence-corrected chi connectivity index (χ0v) is 9.30. The zero-order valence-electron chi connectivity index (χ0n) is 7.72. The monoisotopic (exact) mass is 260 g/mol. The van der Waals surface area contributed by atoms with Crippen molar-refractivity contribution < 1.29 is 13.9 Å². The highest BCUT2D eigenvalue weighted by atomic mass is 79.9. The van der Waals surface area contributed by atoms with Gasteiger partial charge in [-0.05, 0) is 18.2 Å². The van der Waals surface area contributed by atoms with E-state index in [4.69, 9.17) is 4.74 Å². The Labute approximate surface area is 90.2 Å². The van der Waals surface area contributed by atoms with E-state index < -0.39 is 6.86 Å². The van der Waals surface area contributed by atoms with E-state index in [1.54, 1.807) is 25.1 Å². The van der Waals surface area contributed by atoms with Crippen molar-refractivity contribution in [3.8, 4) is 5.75 Å². The van der Waals surface area contributed by atoms with E-state index in [2.05, 4.69) is 15.9 Å². The highest BCUT2D eigenvalue weighted by Crippen LogP contribution is 2.24. The van der Waals surface area contributed by atoms with E-state index >= 15 is 0 Å². The van der Waals surface area contributed by atoms with Crippen LogP contribution in [0.25, 0.3) is 0 Å². The second kappa shape index (κ2) is 5.10. The van der Waals surface area contributed by atoms with Gasteiger partial charge in [-0.25, -0.2) is 4.39 Å². The molecule has 1 aromatic carbocycles. The number of alkyl halides is 1. The highest BCUT2D eigenvalue weighted by molar-refractivity contribution is 9.10. The molecule has 0 radical (unpaired) electrons. The number of ether oxygens (including phenoxy) is 1. The largest absolute Gasteiger partial charge is 0.462 e. The Bertz CT molecular complexity index is 339. The molecule has 0 amide bonds. The third-order valence-electron chi connectivity index (χ3n) is 1.78. The van der Waals surface area contributed by atoms with Crippen molar-refractivity contribution in [3.05, 3.63) is 28.2 Å². The van der Waals surface area contributed by atoms with E-state index in [-0.39, 0.29) is 11.5 Å². The minimum Gasteiger partial charge on any atom is -0.462 e. The third-order valence-corrected chi connectivity index (χ3v) is 2.27. The van der Waals surface area contributed by atoms with E-state index in [9.17, 15) is 9.18 Å². The van der Waals surface area contributed by atoms with Gasteiger partial charge in [0.2, 0.25) is 6.86 Å². The number of Topliss-reactive ketones (excluding diaryl/α,β-unsaturated/α-hetero) is 1. The molecule has 0 aliphatic carbocycles. The van der Waals surface area contributed by atoms with Gasteiger partial charge in [-0.3, -0.25) is 4.79 Å². The van der Waals surface area contributed by atoms with Crippen molar-refractivity contribution in [2.45, 2.75) is 13.3 Å². The lowest BCUT2D eigenvalue weighted by Gasteiger charge is -2.07. The molecule has 0 spiro atoms. The van der Waals surface area contributed by atoms with Crippen LogP contribution in [-0.2, 0) is 0 Å². The first-order valence-electron chi connectivity index (χ1n) is 4.20. The molecule has 0 fully saturated rings. The smallest absolute Gasteiger partial charge is 0.228 e.